The van der Waals surface area contributed by atoms with E-state index in [1.54, 1.807) is 11.0 Å². The number of hydrogen-bond acceptors (Lipinski definition) is 5. The summed E-state index contributed by atoms with van der Waals surface area (Å²) in [5.74, 6) is 1.55. The number of hydrogen-bond donors (Lipinski definition) is 0. The average molecular weight is 439 g/mol. The fraction of sp³-hybridized carbons (Fsp3) is 0.222. The van der Waals surface area contributed by atoms with Gasteiger partial charge in [-0.05, 0) is 60.4 Å². The lowest BCUT2D eigenvalue weighted by molar-refractivity contribution is 0.297. The zero-order valence-electron chi connectivity index (χ0n) is 18.8. The third-order valence-corrected chi connectivity index (χ3v) is 5.34. The Balaban J connectivity index is 1.43. The summed E-state index contributed by atoms with van der Waals surface area (Å²) < 4.78 is 13.6. The first-order chi connectivity index (χ1) is 16.0. The molecule has 0 atom stereocenters. The summed E-state index contributed by atoms with van der Waals surface area (Å²) in [5.41, 5.74) is 3.51. The molecule has 1 aromatic heterocycles. The minimum Gasteiger partial charge on any atom is -0.489 e. The highest BCUT2D eigenvalue weighted by Gasteiger charge is 2.21. The maximum Gasteiger partial charge on any atom is 0.137 e. The molecule has 0 aliphatic heterocycles. The van der Waals surface area contributed by atoms with Gasteiger partial charge < -0.3 is 9.47 Å². The number of nitriles is 1. The quantitative estimate of drug-likeness (QED) is 0.355. The van der Waals surface area contributed by atoms with Gasteiger partial charge in [0.05, 0.1) is 18.0 Å². The second-order valence-corrected chi connectivity index (χ2v) is 8.40. The molecule has 4 rings (SSSR count). The van der Waals surface area contributed by atoms with Gasteiger partial charge in [0.15, 0.2) is 0 Å². The van der Waals surface area contributed by atoms with Crippen molar-refractivity contribution in [2.24, 2.45) is 0 Å². The molecule has 0 amide bonds. The Bertz CT molecular complexity index is 1210. The van der Waals surface area contributed by atoms with E-state index in [0.29, 0.717) is 19.8 Å². The predicted octanol–water partition coefficient (Wildman–Crippen LogP) is 5.29. The molecule has 3 aromatic carbocycles. The molecule has 1 heterocycles. The lowest BCUT2D eigenvalue weighted by Crippen LogP contribution is -2.15. The van der Waals surface area contributed by atoms with Gasteiger partial charge in [-0.15, -0.1) is 0 Å². The van der Waals surface area contributed by atoms with Crippen LogP contribution in [-0.4, -0.2) is 14.8 Å². The van der Waals surface area contributed by atoms with Crippen molar-refractivity contribution in [3.63, 3.8) is 0 Å². The van der Waals surface area contributed by atoms with Crippen LogP contribution in [0.25, 0.3) is 0 Å². The van der Waals surface area contributed by atoms with Gasteiger partial charge in [0, 0.05) is 0 Å². The number of benzene rings is 3. The second kappa shape index (κ2) is 10.0. The molecule has 0 saturated heterocycles. The fourth-order valence-corrected chi connectivity index (χ4v) is 3.40. The summed E-state index contributed by atoms with van der Waals surface area (Å²) in [6.07, 6.45) is 3.19. The van der Waals surface area contributed by atoms with Crippen LogP contribution < -0.4 is 9.47 Å². The van der Waals surface area contributed by atoms with E-state index in [0.717, 1.165) is 33.8 Å². The number of ether oxygens (including phenoxy) is 2. The standard InChI is InChI=1S/C27H26N4O2/c1-27(2,18-28)24-13-22(15-31-20-29-19-30-31)12-23(14-24)17-33-26-10-8-25(9-11-26)32-16-21-6-4-3-5-7-21/h3-14,19-20H,15-17H2,1-2H3. The summed E-state index contributed by atoms with van der Waals surface area (Å²) in [7, 11) is 0. The number of rotatable bonds is 9. The molecular formula is C27H26N4O2. The van der Waals surface area contributed by atoms with Crippen LogP contribution in [0.3, 0.4) is 0 Å². The maximum absolute atomic E-state index is 9.62. The van der Waals surface area contributed by atoms with Crippen molar-refractivity contribution in [2.45, 2.75) is 39.0 Å². The van der Waals surface area contributed by atoms with Crippen LogP contribution >= 0.6 is 0 Å². The van der Waals surface area contributed by atoms with Crippen LogP contribution in [0.5, 0.6) is 11.5 Å². The van der Waals surface area contributed by atoms with Crippen molar-refractivity contribution in [1.82, 2.24) is 14.8 Å². The van der Waals surface area contributed by atoms with Crippen LogP contribution in [0.4, 0.5) is 0 Å². The predicted molar refractivity (Wildman–Crippen MR) is 126 cm³/mol. The third-order valence-electron chi connectivity index (χ3n) is 5.34. The SMILES string of the molecule is CC(C)(C#N)c1cc(COc2ccc(OCc3ccccc3)cc2)cc(Cn2cncn2)c1. The van der Waals surface area contributed by atoms with Crippen LogP contribution in [0.1, 0.15) is 36.1 Å². The molecule has 33 heavy (non-hydrogen) atoms. The lowest BCUT2D eigenvalue weighted by Gasteiger charge is -2.19. The highest BCUT2D eigenvalue weighted by Crippen LogP contribution is 2.26. The molecule has 0 bridgehead atoms. The van der Waals surface area contributed by atoms with Crippen molar-refractivity contribution in [1.29, 1.82) is 5.26 Å². The zero-order chi connectivity index (χ0) is 23.1. The monoisotopic (exact) mass is 438 g/mol. The number of aromatic nitrogens is 3. The first-order valence-electron chi connectivity index (χ1n) is 10.8. The normalized spacial score (nSPS) is 11.1. The van der Waals surface area contributed by atoms with Gasteiger partial charge in [0.1, 0.15) is 37.4 Å². The van der Waals surface area contributed by atoms with Crippen molar-refractivity contribution < 1.29 is 9.47 Å². The van der Waals surface area contributed by atoms with E-state index in [2.05, 4.69) is 22.2 Å². The fourth-order valence-electron chi connectivity index (χ4n) is 3.40. The Kier molecular flexibility index (Phi) is 6.70. The molecule has 0 fully saturated rings. The summed E-state index contributed by atoms with van der Waals surface area (Å²) in [6, 6.07) is 26.2. The molecule has 0 N–H and O–H groups in total. The topological polar surface area (TPSA) is 73.0 Å². The third kappa shape index (κ3) is 5.98. The van der Waals surface area contributed by atoms with Gasteiger partial charge in [-0.2, -0.15) is 10.4 Å². The summed E-state index contributed by atoms with van der Waals surface area (Å²) >= 11 is 0. The van der Waals surface area contributed by atoms with Crippen molar-refractivity contribution in [3.8, 4) is 17.6 Å². The van der Waals surface area contributed by atoms with Crippen LogP contribution in [0, 0.1) is 11.3 Å². The van der Waals surface area contributed by atoms with Gasteiger partial charge >= 0.3 is 0 Å². The summed E-state index contributed by atoms with van der Waals surface area (Å²) in [4.78, 5) is 4.01. The van der Waals surface area contributed by atoms with Crippen molar-refractivity contribution >= 4 is 0 Å². The first kappa shape index (κ1) is 22.1. The van der Waals surface area contributed by atoms with E-state index in [1.807, 2.05) is 80.6 Å². The average Bonchev–Trinajstić information content (AvgIpc) is 3.35. The molecular weight excluding hydrogens is 412 g/mol. The van der Waals surface area contributed by atoms with Gasteiger partial charge in [-0.3, -0.25) is 0 Å². The van der Waals surface area contributed by atoms with E-state index in [9.17, 15) is 5.26 Å². The van der Waals surface area contributed by atoms with E-state index in [4.69, 9.17) is 9.47 Å². The van der Waals surface area contributed by atoms with Crippen molar-refractivity contribution in [3.05, 3.63) is 108 Å². The maximum atomic E-state index is 9.62. The molecule has 166 valence electrons. The minimum atomic E-state index is -0.606. The van der Waals surface area contributed by atoms with Crippen molar-refractivity contribution in [2.75, 3.05) is 0 Å². The summed E-state index contributed by atoms with van der Waals surface area (Å²) in [5, 5.41) is 13.8. The van der Waals surface area contributed by atoms with Gasteiger partial charge in [-0.1, -0.05) is 48.5 Å². The molecule has 0 aliphatic carbocycles. The molecule has 6 heteroatoms. The molecule has 6 nitrogen and oxygen atoms in total. The molecule has 0 saturated carbocycles. The smallest absolute Gasteiger partial charge is 0.137 e. The van der Waals surface area contributed by atoms with E-state index < -0.39 is 5.41 Å². The highest BCUT2D eigenvalue weighted by atomic mass is 16.5. The zero-order valence-corrected chi connectivity index (χ0v) is 18.8. The Morgan fingerprint density at radius 1 is 0.848 bits per heavy atom. The molecule has 4 aromatic rings. The Morgan fingerprint density at radius 3 is 2.09 bits per heavy atom. The largest absolute Gasteiger partial charge is 0.489 e. The number of nitrogens with zero attached hydrogens (tertiary/aromatic N) is 4. The van der Waals surface area contributed by atoms with E-state index in [1.165, 1.54) is 6.33 Å². The lowest BCUT2D eigenvalue weighted by atomic mass is 9.84. The van der Waals surface area contributed by atoms with Gasteiger partial charge in [-0.25, -0.2) is 9.67 Å². The Hall–Kier alpha value is -4.11. The summed E-state index contributed by atoms with van der Waals surface area (Å²) in [6.45, 7) is 5.33. The molecule has 0 radical (unpaired) electrons. The van der Waals surface area contributed by atoms with E-state index >= 15 is 0 Å². The minimum absolute atomic E-state index is 0.393. The molecule has 0 aliphatic rings. The highest BCUT2D eigenvalue weighted by molar-refractivity contribution is 5.38. The Morgan fingerprint density at radius 2 is 1.48 bits per heavy atom. The first-order valence-corrected chi connectivity index (χ1v) is 10.8. The van der Waals surface area contributed by atoms with Crippen LogP contribution in [-0.2, 0) is 25.2 Å². The molecule has 0 spiro atoms. The van der Waals surface area contributed by atoms with E-state index in [-0.39, 0.29) is 0 Å². The van der Waals surface area contributed by atoms with Crippen LogP contribution in [0.2, 0.25) is 0 Å². The van der Waals surface area contributed by atoms with Gasteiger partial charge in [0.2, 0.25) is 0 Å². The molecule has 0 unspecified atom stereocenters. The Labute approximate surface area is 194 Å². The van der Waals surface area contributed by atoms with Crippen LogP contribution in [0.15, 0.2) is 85.5 Å². The van der Waals surface area contributed by atoms with Gasteiger partial charge in [0.25, 0.3) is 0 Å². The second-order valence-electron chi connectivity index (χ2n) is 8.40.